The van der Waals surface area contributed by atoms with Gasteiger partial charge in [-0.2, -0.15) is 0 Å². The molecule has 0 aromatic rings. The molecule has 1 atom stereocenters. The van der Waals surface area contributed by atoms with Crippen molar-refractivity contribution in [3.63, 3.8) is 0 Å². The van der Waals surface area contributed by atoms with E-state index in [0.717, 1.165) is 6.42 Å². The van der Waals surface area contributed by atoms with Gasteiger partial charge in [-0.15, -0.1) is 0 Å². The Bertz CT molecular complexity index is 168. The van der Waals surface area contributed by atoms with Crippen molar-refractivity contribution in [3.05, 3.63) is 12.2 Å². The number of aliphatic hydroxyl groups excluding tert-OH is 1. The summed E-state index contributed by atoms with van der Waals surface area (Å²) in [5, 5.41) is 8.87. The van der Waals surface area contributed by atoms with Crippen molar-refractivity contribution >= 4 is 22.6 Å². The molecule has 0 rings (SSSR count). The fraction of sp³-hybridized carbons (Fsp3) is 0.867. The average Bonchev–Trinajstić information content (AvgIpc) is 2.35. The second kappa shape index (κ2) is 14.5. The zero-order valence-corrected chi connectivity index (χ0v) is 13.5. The maximum absolute atomic E-state index is 8.87. The summed E-state index contributed by atoms with van der Waals surface area (Å²) in [5.74, 6) is 0. The van der Waals surface area contributed by atoms with Gasteiger partial charge < -0.3 is 5.11 Å². The summed E-state index contributed by atoms with van der Waals surface area (Å²) >= 11 is 2.33. The first-order chi connectivity index (χ1) is 8.31. The van der Waals surface area contributed by atoms with Crippen LogP contribution in [0.2, 0.25) is 0 Å². The van der Waals surface area contributed by atoms with Crippen LogP contribution in [0.1, 0.15) is 71.1 Å². The van der Waals surface area contributed by atoms with E-state index in [4.69, 9.17) is 5.11 Å². The molecule has 0 radical (unpaired) electrons. The second-order valence-electron chi connectivity index (χ2n) is 4.74. The third kappa shape index (κ3) is 14.4. The van der Waals surface area contributed by atoms with E-state index in [1.165, 1.54) is 57.8 Å². The lowest BCUT2D eigenvalue weighted by atomic mass is 10.1. The van der Waals surface area contributed by atoms with Crippen molar-refractivity contribution in [1.82, 2.24) is 0 Å². The molecule has 0 aliphatic heterocycles. The van der Waals surface area contributed by atoms with Gasteiger partial charge in [-0.3, -0.25) is 0 Å². The fourth-order valence-electron chi connectivity index (χ4n) is 1.82. The largest absolute Gasteiger partial charge is 0.395 e. The Kier molecular flexibility index (Phi) is 14.9. The predicted molar refractivity (Wildman–Crippen MR) is 85.9 cm³/mol. The molecular weight excluding hydrogens is 323 g/mol. The van der Waals surface area contributed by atoms with Crippen LogP contribution < -0.4 is 0 Å². The topological polar surface area (TPSA) is 20.2 Å². The Morgan fingerprint density at radius 3 is 2.12 bits per heavy atom. The first-order valence-electron chi connectivity index (χ1n) is 7.21. The van der Waals surface area contributed by atoms with Crippen LogP contribution in [0.4, 0.5) is 0 Å². The van der Waals surface area contributed by atoms with E-state index in [9.17, 15) is 0 Å². The molecule has 0 heterocycles. The molecule has 17 heavy (non-hydrogen) atoms. The highest BCUT2D eigenvalue weighted by molar-refractivity contribution is 14.1. The third-order valence-electron chi connectivity index (χ3n) is 2.98. The number of rotatable bonds is 12. The van der Waals surface area contributed by atoms with Crippen LogP contribution in [0.25, 0.3) is 0 Å². The summed E-state index contributed by atoms with van der Waals surface area (Å²) in [7, 11) is 0. The highest BCUT2D eigenvalue weighted by atomic mass is 127. The van der Waals surface area contributed by atoms with Crippen molar-refractivity contribution in [2.75, 3.05) is 6.61 Å². The molecule has 0 spiro atoms. The van der Waals surface area contributed by atoms with Crippen molar-refractivity contribution in [3.8, 4) is 0 Å². The molecule has 0 saturated heterocycles. The van der Waals surface area contributed by atoms with Crippen molar-refractivity contribution < 1.29 is 5.11 Å². The molecule has 0 aliphatic carbocycles. The lowest BCUT2D eigenvalue weighted by Gasteiger charge is -2.03. The lowest BCUT2D eigenvalue weighted by molar-refractivity contribution is 0.293. The molecule has 0 amide bonds. The van der Waals surface area contributed by atoms with Gasteiger partial charge in [0.1, 0.15) is 0 Å². The minimum absolute atomic E-state index is 0.328. The standard InChI is InChI=1S/C15H29IO/c1-2-3-4-5-6-7-8-9-10-11-12-13-15(16)14-17/h8-9,15,17H,2-7,10-14H2,1H3/b9-8-/t15-/m0/s1. The summed E-state index contributed by atoms with van der Waals surface area (Å²) in [6, 6.07) is 0. The normalized spacial score (nSPS) is 13.4. The van der Waals surface area contributed by atoms with Crippen molar-refractivity contribution in [2.24, 2.45) is 0 Å². The zero-order valence-electron chi connectivity index (χ0n) is 11.3. The molecule has 102 valence electrons. The van der Waals surface area contributed by atoms with Crippen molar-refractivity contribution in [1.29, 1.82) is 0 Å². The van der Waals surface area contributed by atoms with Gasteiger partial charge in [-0.25, -0.2) is 0 Å². The van der Waals surface area contributed by atoms with Crippen LogP contribution >= 0.6 is 22.6 Å². The van der Waals surface area contributed by atoms with Gasteiger partial charge in [0, 0.05) is 3.92 Å². The monoisotopic (exact) mass is 352 g/mol. The third-order valence-corrected chi connectivity index (χ3v) is 3.99. The molecular formula is C15H29IO. The molecule has 1 nitrogen and oxygen atoms in total. The van der Waals surface area contributed by atoms with Gasteiger partial charge in [0.15, 0.2) is 0 Å². The molecule has 0 aromatic heterocycles. The minimum atomic E-state index is 0.328. The van der Waals surface area contributed by atoms with Crippen LogP contribution in [0.5, 0.6) is 0 Å². The molecule has 0 aliphatic rings. The molecule has 1 N–H and O–H groups in total. The summed E-state index contributed by atoms with van der Waals surface area (Å²) in [5.41, 5.74) is 0. The Labute approximate surface area is 121 Å². The van der Waals surface area contributed by atoms with Crippen molar-refractivity contribution in [2.45, 2.75) is 75.1 Å². The SMILES string of the molecule is CCCCCCC/C=C\CCCC[C@H](I)CO. The summed E-state index contributed by atoms with van der Waals surface area (Å²) in [4.78, 5) is 0. The summed E-state index contributed by atoms with van der Waals surface area (Å²) in [6.45, 7) is 2.59. The van der Waals surface area contributed by atoms with Gasteiger partial charge in [0.25, 0.3) is 0 Å². The highest BCUT2D eigenvalue weighted by Gasteiger charge is 1.99. The van der Waals surface area contributed by atoms with Gasteiger partial charge in [0.2, 0.25) is 0 Å². The molecule has 0 fully saturated rings. The first-order valence-corrected chi connectivity index (χ1v) is 8.45. The van der Waals surface area contributed by atoms with E-state index in [-0.39, 0.29) is 0 Å². The van der Waals surface area contributed by atoms with E-state index in [1.54, 1.807) is 0 Å². The number of hydrogen-bond donors (Lipinski definition) is 1. The van der Waals surface area contributed by atoms with Crippen LogP contribution in [0.3, 0.4) is 0 Å². The number of alkyl halides is 1. The highest BCUT2D eigenvalue weighted by Crippen LogP contribution is 2.11. The van der Waals surface area contributed by atoms with Gasteiger partial charge in [-0.05, 0) is 32.1 Å². The minimum Gasteiger partial charge on any atom is -0.395 e. The van der Waals surface area contributed by atoms with E-state index < -0.39 is 0 Å². The van der Waals surface area contributed by atoms with Crippen LogP contribution in [-0.4, -0.2) is 15.6 Å². The molecule has 0 bridgehead atoms. The number of aliphatic hydroxyl groups is 1. The molecule has 2 heteroatoms. The number of hydrogen-bond acceptors (Lipinski definition) is 1. The number of unbranched alkanes of at least 4 members (excludes halogenated alkanes) is 7. The number of allylic oxidation sites excluding steroid dienone is 2. The molecule has 0 saturated carbocycles. The smallest absolute Gasteiger partial charge is 0.0548 e. The number of halogens is 1. The van der Waals surface area contributed by atoms with Crippen LogP contribution in [0, 0.1) is 0 Å². The Morgan fingerprint density at radius 1 is 0.941 bits per heavy atom. The average molecular weight is 352 g/mol. The molecule has 0 aromatic carbocycles. The van der Waals surface area contributed by atoms with Crippen LogP contribution in [0.15, 0.2) is 12.2 Å². The van der Waals surface area contributed by atoms with Gasteiger partial charge in [-0.1, -0.05) is 73.8 Å². The Morgan fingerprint density at radius 2 is 1.53 bits per heavy atom. The quantitative estimate of drug-likeness (QED) is 0.220. The lowest BCUT2D eigenvalue weighted by Crippen LogP contribution is -2.02. The maximum atomic E-state index is 8.87. The summed E-state index contributed by atoms with van der Waals surface area (Å²) < 4.78 is 0.454. The summed E-state index contributed by atoms with van der Waals surface area (Å²) in [6.07, 6.45) is 17.7. The first kappa shape index (κ1) is 17.4. The zero-order chi connectivity index (χ0) is 12.8. The van der Waals surface area contributed by atoms with Gasteiger partial charge in [0.05, 0.1) is 6.61 Å². The van der Waals surface area contributed by atoms with E-state index >= 15 is 0 Å². The predicted octanol–water partition coefficient (Wildman–Crippen LogP) is 5.26. The Balaban J connectivity index is 3.09. The van der Waals surface area contributed by atoms with E-state index in [0.29, 0.717) is 10.5 Å². The Hall–Kier alpha value is 0.430. The van der Waals surface area contributed by atoms with Gasteiger partial charge >= 0.3 is 0 Å². The van der Waals surface area contributed by atoms with E-state index in [1.807, 2.05) is 0 Å². The van der Waals surface area contributed by atoms with Crippen LogP contribution in [-0.2, 0) is 0 Å². The van der Waals surface area contributed by atoms with E-state index in [2.05, 4.69) is 41.7 Å². The second-order valence-corrected chi connectivity index (χ2v) is 6.50. The molecule has 0 unspecified atom stereocenters. The fourth-order valence-corrected chi connectivity index (χ4v) is 2.26. The maximum Gasteiger partial charge on any atom is 0.0548 e.